The van der Waals surface area contributed by atoms with Gasteiger partial charge in [0.2, 0.25) is 0 Å². The molecule has 0 bridgehead atoms. The molecule has 1 atom stereocenters. The van der Waals surface area contributed by atoms with Crippen LogP contribution in [0.3, 0.4) is 0 Å². The molecule has 54 heavy (non-hydrogen) atoms. The molecule has 0 spiro atoms. The molecule has 1 aliphatic carbocycles. The van der Waals surface area contributed by atoms with E-state index in [1.54, 1.807) is 7.11 Å². The Bertz CT molecular complexity index is 2590. The van der Waals surface area contributed by atoms with E-state index in [1.165, 1.54) is 0 Å². The number of benzene rings is 6. The topological polar surface area (TPSA) is 42.4 Å². The third-order valence-corrected chi connectivity index (χ3v) is 10.8. The lowest BCUT2D eigenvalue weighted by Gasteiger charge is -2.35. The second-order valence-corrected chi connectivity index (χ2v) is 14.8. The predicted octanol–water partition coefficient (Wildman–Crippen LogP) is 12.5. The van der Waals surface area contributed by atoms with Gasteiger partial charge in [-0.05, 0) is 79.9 Å². The minimum absolute atomic E-state index is 0.0698. The van der Waals surface area contributed by atoms with Gasteiger partial charge < -0.3 is 4.74 Å². The second kappa shape index (κ2) is 13.5. The fourth-order valence-corrected chi connectivity index (χ4v) is 8.54. The summed E-state index contributed by atoms with van der Waals surface area (Å²) in [6.07, 6.45) is 6.88. The molecule has 7 aromatic rings. The number of methoxy groups -OCH3 is 1. The Morgan fingerprint density at radius 1 is 0.630 bits per heavy atom. The highest BCUT2D eigenvalue weighted by Gasteiger charge is 2.44. The third kappa shape index (κ3) is 5.54. The van der Waals surface area contributed by atoms with Crippen molar-refractivity contribution in [3.05, 3.63) is 192 Å². The number of rotatable bonds is 7. The Morgan fingerprint density at radius 2 is 1.13 bits per heavy atom. The van der Waals surface area contributed by atoms with E-state index in [0.29, 0.717) is 11.4 Å². The van der Waals surface area contributed by atoms with Crippen LogP contribution in [0.25, 0.3) is 55.3 Å². The fraction of sp³-hybridized carbons (Fsp3) is 0.120. The van der Waals surface area contributed by atoms with E-state index in [-0.39, 0.29) is 11.3 Å². The molecule has 1 aliphatic heterocycles. The van der Waals surface area contributed by atoms with E-state index in [0.717, 1.165) is 78.6 Å². The Balaban J connectivity index is 1.48. The average Bonchev–Trinajstić information content (AvgIpc) is 3.52. The molecule has 4 heteroatoms. The van der Waals surface area contributed by atoms with Gasteiger partial charge in [0, 0.05) is 28.3 Å². The van der Waals surface area contributed by atoms with Crippen molar-refractivity contribution in [1.82, 2.24) is 4.98 Å². The number of nitrogens with zero attached hydrogens (tertiary/aromatic N) is 2. The standard InChI is InChI=1S/C50H40N2O2/c1-50(2)30-28-41(54-3)40(32-50)47-37-26-16-17-27-38(37)49(53)52(47)48-46-39(29-31-51-48)42(33-18-8-4-9-19-33)43(34-20-10-5-11-21-34)44(35-22-12-6-13-23-35)45(46)36-24-14-7-15-25-36/h4-31,47H,32H2,1-3H3. The zero-order chi connectivity index (χ0) is 36.8. The van der Waals surface area contributed by atoms with Crippen LogP contribution in [-0.2, 0) is 4.74 Å². The molecular formula is C50H40N2O2. The maximum absolute atomic E-state index is 15.1. The van der Waals surface area contributed by atoms with Crippen molar-refractivity contribution in [3.63, 3.8) is 0 Å². The molecule has 0 saturated carbocycles. The summed E-state index contributed by atoms with van der Waals surface area (Å²) >= 11 is 0. The van der Waals surface area contributed by atoms with Crippen LogP contribution in [0.1, 0.15) is 42.2 Å². The van der Waals surface area contributed by atoms with E-state index < -0.39 is 6.04 Å². The molecule has 262 valence electrons. The van der Waals surface area contributed by atoms with Crippen LogP contribution in [0.4, 0.5) is 5.82 Å². The normalized spacial score (nSPS) is 16.2. The first-order valence-corrected chi connectivity index (χ1v) is 18.5. The summed E-state index contributed by atoms with van der Waals surface area (Å²) in [6.45, 7) is 4.46. The van der Waals surface area contributed by atoms with Gasteiger partial charge in [-0.2, -0.15) is 0 Å². The van der Waals surface area contributed by atoms with Gasteiger partial charge in [-0.15, -0.1) is 0 Å². The SMILES string of the molecule is COC1=C(C2c3ccccc3C(=O)N2c2nccc3c(-c4ccccc4)c(-c4ccccc4)c(-c4ccccc4)c(-c4ccccc4)c23)CC(C)(C)C=C1. The predicted molar refractivity (Wildman–Crippen MR) is 221 cm³/mol. The zero-order valence-corrected chi connectivity index (χ0v) is 30.7. The summed E-state index contributed by atoms with van der Waals surface area (Å²) in [5.74, 6) is 1.35. The smallest absolute Gasteiger partial charge is 0.260 e. The van der Waals surface area contributed by atoms with E-state index >= 15 is 4.79 Å². The molecule has 4 nitrogen and oxygen atoms in total. The maximum Gasteiger partial charge on any atom is 0.260 e. The first kappa shape index (κ1) is 33.3. The lowest BCUT2D eigenvalue weighted by atomic mass is 9.77. The van der Waals surface area contributed by atoms with Crippen molar-refractivity contribution < 1.29 is 9.53 Å². The number of carbonyl (C=O) groups is 1. The Labute approximate surface area is 316 Å². The Morgan fingerprint density at radius 3 is 1.70 bits per heavy atom. The summed E-state index contributed by atoms with van der Waals surface area (Å²) in [4.78, 5) is 22.3. The minimum atomic E-state index is -0.413. The number of fused-ring (bicyclic) bond motifs is 2. The maximum atomic E-state index is 15.1. The van der Waals surface area contributed by atoms with E-state index in [9.17, 15) is 0 Å². The number of allylic oxidation sites excluding steroid dienone is 2. The highest BCUT2D eigenvalue weighted by Crippen LogP contribution is 2.55. The largest absolute Gasteiger partial charge is 0.497 e. The minimum Gasteiger partial charge on any atom is -0.497 e. The monoisotopic (exact) mass is 700 g/mol. The van der Waals surface area contributed by atoms with Crippen molar-refractivity contribution in [2.24, 2.45) is 5.41 Å². The van der Waals surface area contributed by atoms with Crippen LogP contribution in [0.15, 0.2) is 181 Å². The molecule has 0 N–H and O–H groups in total. The Hall–Kier alpha value is -6.52. The van der Waals surface area contributed by atoms with Gasteiger partial charge in [0.15, 0.2) is 0 Å². The molecule has 1 amide bonds. The van der Waals surface area contributed by atoms with Crippen molar-refractivity contribution in [2.45, 2.75) is 26.3 Å². The number of amides is 1. The van der Waals surface area contributed by atoms with Gasteiger partial charge >= 0.3 is 0 Å². The fourth-order valence-electron chi connectivity index (χ4n) is 8.54. The molecule has 1 unspecified atom stereocenters. The van der Waals surface area contributed by atoms with Crippen molar-refractivity contribution >= 4 is 22.5 Å². The second-order valence-electron chi connectivity index (χ2n) is 14.8. The van der Waals surface area contributed by atoms with Crippen LogP contribution in [0, 0.1) is 5.41 Å². The molecule has 1 aromatic heterocycles. The molecule has 0 saturated heterocycles. The molecule has 0 fully saturated rings. The lowest BCUT2D eigenvalue weighted by molar-refractivity contribution is 0.0991. The number of hydrogen-bond acceptors (Lipinski definition) is 3. The van der Waals surface area contributed by atoms with Crippen LogP contribution in [0.5, 0.6) is 0 Å². The van der Waals surface area contributed by atoms with Gasteiger partial charge in [0.25, 0.3) is 5.91 Å². The van der Waals surface area contributed by atoms with E-state index in [2.05, 4.69) is 159 Å². The molecular weight excluding hydrogens is 661 g/mol. The van der Waals surface area contributed by atoms with Gasteiger partial charge in [-0.1, -0.05) is 159 Å². The first-order valence-electron chi connectivity index (χ1n) is 18.5. The average molecular weight is 701 g/mol. The zero-order valence-electron chi connectivity index (χ0n) is 30.7. The van der Waals surface area contributed by atoms with Gasteiger partial charge in [-0.25, -0.2) is 4.98 Å². The number of anilines is 1. The summed E-state index contributed by atoms with van der Waals surface area (Å²) in [6, 6.07) is 52.2. The van der Waals surface area contributed by atoms with Crippen molar-refractivity contribution in [1.29, 1.82) is 0 Å². The summed E-state index contributed by atoms with van der Waals surface area (Å²) < 4.78 is 6.08. The van der Waals surface area contributed by atoms with Crippen molar-refractivity contribution in [2.75, 3.05) is 12.0 Å². The van der Waals surface area contributed by atoms with Crippen LogP contribution in [0.2, 0.25) is 0 Å². The lowest BCUT2D eigenvalue weighted by Crippen LogP contribution is -2.32. The van der Waals surface area contributed by atoms with Gasteiger partial charge in [0.05, 0.1) is 13.2 Å². The highest BCUT2D eigenvalue weighted by molar-refractivity contribution is 6.24. The third-order valence-electron chi connectivity index (χ3n) is 10.8. The first-order chi connectivity index (χ1) is 26.4. The molecule has 0 radical (unpaired) electrons. The van der Waals surface area contributed by atoms with Crippen LogP contribution in [-0.4, -0.2) is 18.0 Å². The number of ether oxygens (including phenoxy) is 1. The van der Waals surface area contributed by atoms with Gasteiger partial charge in [0.1, 0.15) is 11.6 Å². The van der Waals surface area contributed by atoms with Crippen LogP contribution >= 0.6 is 0 Å². The Kier molecular flexibility index (Phi) is 8.31. The quantitative estimate of drug-likeness (QED) is 0.166. The van der Waals surface area contributed by atoms with Crippen molar-refractivity contribution in [3.8, 4) is 44.5 Å². The summed E-state index contributed by atoms with van der Waals surface area (Å²) in [7, 11) is 1.72. The summed E-state index contributed by atoms with van der Waals surface area (Å²) in [5, 5.41) is 1.95. The number of aromatic nitrogens is 1. The number of hydrogen-bond donors (Lipinski definition) is 0. The number of pyridine rings is 1. The molecule has 2 aliphatic rings. The number of carbonyl (C=O) groups excluding carboxylic acids is 1. The van der Waals surface area contributed by atoms with Gasteiger partial charge in [-0.3, -0.25) is 9.69 Å². The summed E-state index contributed by atoms with van der Waals surface area (Å²) in [5.41, 5.74) is 11.3. The van der Waals surface area contributed by atoms with E-state index in [4.69, 9.17) is 9.72 Å². The van der Waals surface area contributed by atoms with Crippen LogP contribution < -0.4 is 4.90 Å². The molecule has 9 rings (SSSR count). The molecule has 2 heterocycles. The molecule has 6 aromatic carbocycles. The van der Waals surface area contributed by atoms with E-state index in [1.807, 2.05) is 29.3 Å². The highest BCUT2D eigenvalue weighted by atomic mass is 16.5.